The quantitative estimate of drug-likeness (QED) is 0.585. The number of nitrogens with one attached hydrogen (secondary N) is 2. The van der Waals surface area contributed by atoms with Crippen molar-refractivity contribution in [3.63, 3.8) is 0 Å². The van der Waals surface area contributed by atoms with Gasteiger partial charge in [0.05, 0.1) is 0 Å². The van der Waals surface area contributed by atoms with Crippen LogP contribution in [0.3, 0.4) is 0 Å². The molecule has 1 atom stereocenters. The maximum Gasteiger partial charge on any atom is 0.325 e. The summed E-state index contributed by atoms with van der Waals surface area (Å²) in [5, 5.41) is 13.7. The molecule has 3 aromatic rings. The van der Waals surface area contributed by atoms with Crippen molar-refractivity contribution in [3.05, 3.63) is 65.9 Å². The molecule has 1 aromatic heterocycles. The van der Waals surface area contributed by atoms with E-state index in [1.54, 1.807) is 18.3 Å². The van der Waals surface area contributed by atoms with Crippen LogP contribution in [-0.4, -0.2) is 64.5 Å². The Hall–Kier alpha value is -3.16. The summed E-state index contributed by atoms with van der Waals surface area (Å²) in [5.74, 6) is -1.06. The predicted octanol–water partition coefficient (Wildman–Crippen LogP) is 3.18. The Balaban J connectivity index is 1.61. The first kappa shape index (κ1) is 20.1. The molecule has 156 valence electrons. The van der Waals surface area contributed by atoms with Crippen molar-refractivity contribution in [1.82, 2.24) is 14.8 Å². The fraction of sp³-hybridized carbons (Fsp3) is 0.304. The molecule has 0 saturated carbocycles. The largest absolute Gasteiger partial charge is 0.480 e. The zero-order valence-corrected chi connectivity index (χ0v) is 17.0. The van der Waals surface area contributed by atoms with Gasteiger partial charge in [0.15, 0.2) is 0 Å². The maximum absolute atomic E-state index is 12.5. The van der Waals surface area contributed by atoms with Crippen molar-refractivity contribution in [3.8, 4) is 0 Å². The highest BCUT2D eigenvalue weighted by molar-refractivity contribution is 6.05. The van der Waals surface area contributed by atoms with Crippen LogP contribution in [0.5, 0.6) is 0 Å². The molecule has 7 nitrogen and oxygen atoms in total. The summed E-state index contributed by atoms with van der Waals surface area (Å²) in [6, 6.07) is 13.8. The molecule has 1 aliphatic rings. The van der Waals surface area contributed by atoms with Crippen LogP contribution in [0.1, 0.15) is 28.9 Å². The van der Waals surface area contributed by atoms with Gasteiger partial charge in [0, 0.05) is 60.1 Å². The first-order chi connectivity index (χ1) is 14.6. The molecule has 2 heterocycles. The topological polar surface area (TPSA) is 88.7 Å². The lowest BCUT2D eigenvalue weighted by Gasteiger charge is -2.37. The fourth-order valence-corrected chi connectivity index (χ4v) is 4.06. The highest BCUT2D eigenvalue weighted by Crippen LogP contribution is 2.31. The predicted molar refractivity (Wildman–Crippen MR) is 117 cm³/mol. The van der Waals surface area contributed by atoms with Gasteiger partial charge in [-0.05, 0) is 36.9 Å². The van der Waals surface area contributed by atoms with Gasteiger partial charge in [0.25, 0.3) is 5.91 Å². The minimum absolute atomic E-state index is 0.197. The number of aromatic nitrogens is 1. The molecule has 1 aliphatic heterocycles. The number of amides is 1. The van der Waals surface area contributed by atoms with Crippen molar-refractivity contribution in [2.75, 3.05) is 38.0 Å². The lowest BCUT2D eigenvalue weighted by atomic mass is 10.0. The molecule has 0 spiro atoms. The zero-order chi connectivity index (χ0) is 21.1. The van der Waals surface area contributed by atoms with E-state index < -0.39 is 12.0 Å². The van der Waals surface area contributed by atoms with Crippen LogP contribution < -0.4 is 5.32 Å². The van der Waals surface area contributed by atoms with Crippen molar-refractivity contribution >= 4 is 28.5 Å². The Morgan fingerprint density at radius 2 is 1.83 bits per heavy atom. The molecule has 30 heavy (non-hydrogen) atoms. The van der Waals surface area contributed by atoms with Crippen LogP contribution in [0.15, 0.2) is 54.7 Å². The Morgan fingerprint density at radius 1 is 1.10 bits per heavy atom. The van der Waals surface area contributed by atoms with Gasteiger partial charge in [0.1, 0.15) is 6.04 Å². The van der Waals surface area contributed by atoms with Crippen LogP contribution in [0.2, 0.25) is 0 Å². The number of carboxylic acids is 1. The smallest absolute Gasteiger partial charge is 0.325 e. The minimum atomic E-state index is -0.862. The lowest BCUT2D eigenvalue weighted by Crippen LogP contribution is -2.49. The summed E-state index contributed by atoms with van der Waals surface area (Å²) < 4.78 is 0. The van der Waals surface area contributed by atoms with E-state index in [1.807, 2.05) is 41.3 Å². The monoisotopic (exact) mass is 406 g/mol. The minimum Gasteiger partial charge on any atom is -0.480 e. The fourth-order valence-electron chi connectivity index (χ4n) is 4.06. The van der Waals surface area contributed by atoms with Gasteiger partial charge in [-0.25, -0.2) is 0 Å². The summed E-state index contributed by atoms with van der Waals surface area (Å²) in [5.41, 5.74) is 2.78. The zero-order valence-electron chi connectivity index (χ0n) is 17.0. The van der Waals surface area contributed by atoms with Gasteiger partial charge in [-0.1, -0.05) is 25.1 Å². The maximum atomic E-state index is 12.5. The molecule has 0 radical (unpaired) electrons. The van der Waals surface area contributed by atoms with Gasteiger partial charge in [0.2, 0.25) is 0 Å². The van der Waals surface area contributed by atoms with Crippen LogP contribution in [0, 0.1) is 0 Å². The molecule has 3 N–H and O–H groups in total. The van der Waals surface area contributed by atoms with Crippen LogP contribution >= 0.6 is 0 Å². The highest BCUT2D eigenvalue weighted by Gasteiger charge is 2.31. The molecule has 1 saturated heterocycles. The van der Waals surface area contributed by atoms with E-state index in [4.69, 9.17) is 0 Å². The summed E-state index contributed by atoms with van der Waals surface area (Å²) >= 11 is 0. The number of rotatable bonds is 6. The van der Waals surface area contributed by atoms with Crippen molar-refractivity contribution in [1.29, 1.82) is 0 Å². The van der Waals surface area contributed by atoms with E-state index in [1.165, 1.54) is 0 Å². The number of hydrogen-bond acceptors (Lipinski definition) is 4. The molecule has 0 bridgehead atoms. The van der Waals surface area contributed by atoms with Crippen LogP contribution in [0.4, 0.5) is 5.69 Å². The average molecular weight is 406 g/mol. The summed E-state index contributed by atoms with van der Waals surface area (Å²) in [7, 11) is 0. The number of aliphatic carboxylic acids is 1. The summed E-state index contributed by atoms with van der Waals surface area (Å²) in [4.78, 5) is 32.2. The standard InChI is InChI=1S/C23H26N4O3/c1-2-26-10-12-27(13-11-26)21(23(29)30)19-15-24-20-9-8-17(14-18(19)20)25-22(28)16-6-4-3-5-7-16/h3-9,14-15,21,24H,2,10-13H2,1H3,(H,25,28)(H,29,30)/t21-/m0/s1. The summed E-state index contributed by atoms with van der Waals surface area (Å²) in [6.45, 7) is 6.24. The average Bonchev–Trinajstić information content (AvgIpc) is 3.17. The number of likely N-dealkylation sites (N-methyl/N-ethyl adjacent to an activating group) is 1. The van der Waals surface area contributed by atoms with Gasteiger partial charge >= 0.3 is 5.97 Å². The molecule has 1 amide bonds. The normalized spacial score (nSPS) is 16.4. The number of aromatic amines is 1. The Bertz CT molecular complexity index is 1040. The van der Waals surface area contributed by atoms with E-state index in [9.17, 15) is 14.7 Å². The van der Waals surface area contributed by atoms with E-state index >= 15 is 0 Å². The van der Waals surface area contributed by atoms with E-state index in [2.05, 4.69) is 22.1 Å². The first-order valence-electron chi connectivity index (χ1n) is 10.2. The molecular formula is C23H26N4O3. The number of carboxylic acid groups (broad SMARTS) is 1. The number of nitrogens with zero attached hydrogens (tertiary/aromatic N) is 2. The van der Waals surface area contributed by atoms with Gasteiger partial charge in [-0.15, -0.1) is 0 Å². The lowest BCUT2D eigenvalue weighted by molar-refractivity contribution is -0.144. The summed E-state index contributed by atoms with van der Waals surface area (Å²) in [6.07, 6.45) is 1.78. The molecule has 0 aliphatic carbocycles. The number of benzene rings is 2. The number of carbonyl (C=O) groups excluding carboxylic acids is 1. The number of piperazine rings is 1. The second kappa shape index (κ2) is 8.69. The molecule has 7 heteroatoms. The number of carbonyl (C=O) groups is 2. The Labute approximate surface area is 175 Å². The third-order valence-electron chi connectivity index (χ3n) is 5.76. The third-order valence-corrected chi connectivity index (χ3v) is 5.76. The van der Waals surface area contributed by atoms with Crippen molar-refractivity contribution in [2.45, 2.75) is 13.0 Å². The number of anilines is 1. The number of fused-ring (bicyclic) bond motifs is 1. The Kier molecular flexibility index (Phi) is 5.83. The van der Waals surface area contributed by atoms with Gasteiger partial charge in [-0.2, -0.15) is 0 Å². The SMILES string of the molecule is CCN1CCN([C@H](C(=O)O)c2c[nH]c3ccc(NC(=O)c4ccccc4)cc23)CC1. The number of H-pyrrole nitrogens is 1. The second-order valence-electron chi connectivity index (χ2n) is 7.54. The molecule has 1 fully saturated rings. The van der Waals surface area contributed by atoms with Crippen molar-refractivity contribution in [2.24, 2.45) is 0 Å². The second-order valence-corrected chi connectivity index (χ2v) is 7.54. The molecule has 2 aromatic carbocycles. The van der Waals surface area contributed by atoms with Crippen molar-refractivity contribution < 1.29 is 14.7 Å². The highest BCUT2D eigenvalue weighted by atomic mass is 16.4. The van der Waals surface area contributed by atoms with Gasteiger partial charge < -0.3 is 20.3 Å². The molecule has 0 unspecified atom stereocenters. The van der Waals surface area contributed by atoms with Crippen LogP contribution in [0.25, 0.3) is 10.9 Å². The van der Waals surface area contributed by atoms with Gasteiger partial charge in [-0.3, -0.25) is 14.5 Å². The van der Waals surface area contributed by atoms with Crippen LogP contribution in [-0.2, 0) is 4.79 Å². The Morgan fingerprint density at radius 3 is 2.50 bits per heavy atom. The number of hydrogen-bond donors (Lipinski definition) is 3. The van der Waals surface area contributed by atoms with E-state index in [0.717, 1.165) is 36.1 Å². The molecular weight excluding hydrogens is 380 g/mol. The molecule has 4 rings (SSSR count). The van der Waals surface area contributed by atoms with E-state index in [-0.39, 0.29) is 5.91 Å². The van der Waals surface area contributed by atoms with E-state index in [0.29, 0.717) is 24.3 Å². The first-order valence-corrected chi connectivity index (χ1v) is 10.2. The third kappa shape index (κ3) is 4.08.